The van der Waals surface area contributed by atoms with Crippen LogP contribution in [0.2, 0.25) is 0 Å². The number of amides is 2. The Morgan fingerprint density at radius 2 is 1.70 bits per heavy atom. The molecular formula is C28H24F3N3O2S. The molecule has 0 bridgehead atoms. The van der Waals surface area contributed by atoms with E-state index in [0.717, 1.165) is 28.2 Å². The summed E-state index contributed by atoms with van der Waals surface area (Å²) in [5.41, 5.74) is 2.92. The summed E-state index contributed by atoms with van der Waals surface area (Å²) in [6, 6.07) is 18.4. The minimum Gasteiger partial charge on any atom is -0.368 e. The third-order valence-electron chi connectivity index (χ3n) is 6.40. The van der Waals surface area contributed by atoms with Crippen LogP contribution in [0, 0.1) is 6.92 Å². The number of anilines is 2. The topological polar surface area (TPSA) is 52.7 Å². The van der Waals surface area contributed by atoms with Gasteiger partial charge in [0.15, 0.2) is 0 Å². The molecule has 0 radical (unpaired) electrons. The van der Waals surface area contributed by atoms with Gasteiger partial charge in [-0.05, 0) is 55.0 Å². The predicted octanol–water partition coefficient (Wildman–Crippen LogP) is 6.06. The van der Waals surface area contributed by atoms with E-state index in [0.29, 0.717) is 48.0 Å². The number of hydrogen-bond acceptors (Lipinski definition) is 4. The van der Waals surface area contributed by atoms with Crippen LogP contribution in [0.4, 0.5) is 24.5 Å². The first-order valence-corrected chi connectivity index (χ1v) is 12.6. The molecule has 1 saturated heterocycles. The number of nitrogens with zero attached hydrogens (tertiary/aromatic N) is 2. The maximum atomic E-state index is 13.2. The van der Waals surface area contributed by atoms with Crippen molar-refractivity contribution in [3.05, 3.63) is 93.9 Å². The maximum Gasteiger partial charge on any atom is 0.416 e. The number of carbonyl (C=O) groups excluding carboxylic acids is 2. The molecule has 0 unspecified atom stereocenters. The molecule has 190 valence electrons. The Morgan fingerprint density at radius 3 is 2.41 bits per heavy atom. The molecule has 0 atom stereocenters. The van der Waals surface area contributed by atoms with Gasteiger partial charge in [-0.25, -0.2) is 0 Å². The zero-order chi connectivity index (χ0) is 26.2. The van der Waals surface area contributed by atoms with E-state index in [1.54, 1.807) is 23.1 Å². The normalized spacial score (nSPS) is 17.0. The molecule has 2 aliphatic heterocycles. The number of rotatable bonds is 3. The summed E-state index contributed by atoms with van der Waals surface area (Å²) in [7, 11) is 0. The fourth-order valence-electron chi connectivity index (χ4n) is 4.34. The molecule has 0 spiro atoms. The quantitative estimate of drug-likeness (QED) is 0.424. The first-order chi connectivity index (χ1) is 17.7. The zero-order valence-electron chi connectivity index (χ0n) is 20.0. The van der Waals surface area contributed by atoms with Crippen LogP contribution in [0.1, 0.15) is 27.0 Å². The summed E-state index contributed by atoms with van der Waals surface area (Å²) in [5, 5.41) is 2.89. The molecule has 0 aromatic heterocycles. The van der Waals surface area contributed by atoms with E-state index < -0.39 is 11.7 Å². The Hall–Kier alpha value is -3.72. The van der Waals surface area contributed by atoms with Crippen LogP contribution in [-0.4, -0.2) is 42.9 Å². The van der Waals surface area contributed by atoms with Crippen molar-refractivity contribution in [2.45, 2.75) is 18.0 Å². The van der Waals surface area contributed by atoms with Crippen molar-refractivity contribution in [3.63, 3.8) is 0 Å². The van der Waals surface area contributed by atoms with Gasteiger partial charge in [-0.3, -0.25) is 9.59 Å². The second-order valence-corrected chi connectivity index (χ2v) is 10.1. The molecule has 3 aromatic carbocycles. The van der Waals surface area contributed by atoms with Crippen LogP contribution in [0.15, 0.2) is 76.5 Å². The lowest BCUT2D eigenvalue weighted by Crippen LogP contribution is -2.48. The van der Waals surface area contributed by atoms with Crippen LogP contribution in [-0.2, 0) is 11.0 Å². The fraction of sp³-hybridized carbons (Fsp3) is 0.214. The summed E-state index contributed by atoms with van der Waals surface area (Å²) in [6.45, 7) is 3.63. The molecule has 37 heavy (non-hydrogen) atoms. The monoisotopic (exact) mass is 523 g/mol. The Morgan fingerprint density at radius 1 is 0.973 bits per heavy atom. The molecule has 3 aromatic rings. The molecule has 9 heteroatoms. The van der Waals surface area contributed by atoms with E-state index in [9.17, 15) is 22.8 Å². The highest BCUT2D eigenvalue weighted by atomic mass is 32.2. The standard InChI is InChI=1S/C28H24F3N3O2S/c1-18-5-7-19(8-6-18)15-25-26(35)32-23-16-20(9-10-24(23)37-25)27(36)34-13-11-33(12-14-34)22-4-2-3-21(17-22)28(29,30)31/h2-10,15-17H,11-14H2,1H3,(H,32,35)/b25-15+. The number of alkyl halides is 3. The van der Waals surface area contributed by atoms with Gasteiger partial charge in [-0.15, -0.1) is 0 Å². The van der Waals surface area contributed by atoms with Crippen LogP contribution >= 0.6 is 11.8 Å². The number of piperazine rings is 1. The number of hydrogen-bond donors (Lipinski definition) is 1. The van der Waals surface area contributed by atoms with Crippen LogP contribution in [0.3, 0.4) is 0 Å². The molecule has 0 saturated carbocycles. The van der Waals surface area contributed by atoms with Crippen molar-refractivity contribution >= 4 is 41.0 Å². The average Bonchev–Trinajstić information content (AvgIpc) is 2.89. The van der Waals surface area contributed by atoms with Gasteiger partial charge in [0.25, 0.3) is 11.8 Å². The van der Waals surface area contributed by atoms with Gasteiger partial charge in [-0.2, -0.15) is 13.2 Å². The van der Waals surface area contributed by atoms with Gasteiger partial charge in [0.1, 0.15) is 0 Å². The second kappa shape index (κ2) is 9.97. The molecule has 0 aliphatic carbocycles. The van der Waals surface area contributed by atoms with Gasteiger partial charge < -0.3 is 15.1 Å². The molecule has 1 fully saturated rings. The first-order valence-electron chi connectivity index (χ1n) is 11.8. The molecular weight excluding hydrogens is 499 g/mol. The van der Waals surface area contributed by atoms with E-state index in [-0.39, 0.29) is 11.8 Å². The molecule has 5 rings (SSSR count). The number of fused-ring (bicyclic) bond motifs is 1. The summed E-state index contributed by atoms with van der Waals surface area (Å²) < 4.78 is 39.2. The lowest BCUT2D eigenvalue weighted by molar-refractivity contribution is -0.137. The highest BCUT2D eigenvalue weighted by Gasteiger charge is 2.31. The molecule has 2 aliphatic rings. The van der Waals surface area contributed by atoms with Crippen molar-refractivity contribution in [1.82, 2.24) is 4.90 Å². The smallest absolute Gasteiger partial charge is 0.368 e. The van der Waals surface area contributed by atoms with Crippen molar-refractivity contribution < 1.29 is 22.8 Å². The highest BCUT2D eigenvalue weighted by molar-refractivity contribution is 8.04. The number of benzene rings is 3. The summed E-state index contributed by atoms with van der Waals surface area (Å²) in [4.78, 5) is 30.8. The molecule has 5 nitrogen and oxygen atoms in total. The van der Waals surface area contributed by atoms with Gasteiger partial charge in [0.05, 0.1) is 16.2 Å². The van der Waals surface area contributed by atoms with Crippen molar-refractivity contribution in [3.8, 4) is 0 Å². The molecule has 1 N–H and O–H groups in total. The second-order valence-electron chi connectivity index (χ2n) is 9.01. The van der Waals surface area contributed by atoms with Crippen molar-refractivity contribution in [2.75, 3.05) is 36.4 Å². The van der Waals surface area contributed by atoms with Crippen LogP contribution in [0.5, 0.6) is 0 Å². The minimum absolute atomic E-state index is 0.174. The van der Waals surface area contributed by atoms with Crippen LogP contribution in [0.25, 0.3) is 6.08 Å². The Bertz CT molecular complexity index is 1380. The summed E-state index contributed by atoms with van der Waals surface area (Å²) in [6.07, 6.45) is -2.56. The zero-order valence-corrected chi connectivity index (χ0v) is 20.8. The third-order valence-corrected chi connectivity index (χ3v) is 7.50. The fourth-order valence-corrected chi connectivity index (χ4v) is 5.27. The lowest BCUT2D eigenvalue weighted by atomic mass is 10.1. The van der Waals surface area contributed by atoms with Crippen LogP contribution < -0.4 is 10.2 Å². The Balaban J connectivity index is 1.25. The van der Waals surface area contributed by atoms with E-state index in [1.807, 2.05) is 48.2 Å². The van der Waals surface area contributed by atoms with Gasteiger partial charge >= 0.3 is 6.18 Å². The highest BCUT2D eigenvalue weighted by Crippen LogP contribution is 2.39. The summed E-state index contributed by atoms with van der Waals surface area (Å²) >= 11 is 1.36. The molecule has 2 heterocycles. The van der Waals surface area contributed by atoms with Crippen molar-refractivity contribution in [2.24, 2.45) is 0 Å². The number of nitrogens with one attached hydrogen (secondary N) is 1. The number of halogens is 3. The van der Waals surface area contributed by atoms with E-state index in [4.69, 9.17) is 0 Å². The summed E-state index contributed by atoms with van der Waals surface area (Å²) in [5.74, 6) is -0.399. The average molecular weight is 524 g/mol. The van der Waals surface area contributed by atoms with E-state index in [1.165, 1.54) is 17.8 Å². The Labute approximate surface area is 217 Å². The van der Waals surface area contributed by atoms with Gasteiger partial charge in [-0.1, -0.05) is 47.7 Å². The molecule has 2 amide bonds. The lowest BCUT2D eigenvalue weighted by Gasteiger charge is -2.36. The SMILES string of the molecule is Cc1ccc(/C=C2/Sc3ccc(C(=O)N4CCN(c5cccc(C(F)(F)F)c5)CC4)cc3NC2=O)cc1. The Kier molecular flexibility index (Phi) is 6.72. The minimum atomic E-state index is -4.40. The number of carbonyl (C=O) groups is 2. The number of thioether (sulfide) groups is 1. The van der Waals surface area contributed by atoms with E-state index >= 15 is 0 Å². The van der Waals surface area contributed by atoms with Gasteiger partial charge in [0, 0.05) is 42.3 Å². The predicted molar refractivity (Wildman–Crippen MR) is 140 cm³/mol. The first kappa shape index (κ1) is 25.0. The van der Waals surface area contributed by atoms with Crippen molar-refractivity contribution in [1.29, 1.82) is 0 Å². The number of aryl methyl sites for hydroxylation is 1. The maximum absolute atomic E-state index is 13.2. The largest absolute Gasteiger partial charge is 0.416 e. The third kappa shape index (κ3) is 5.51. The van der Waals surface area contributed by atoms with Gasteiger partial charge in [0.2, 0.25) is 0 Å². The van der Waals surface area contributed by atoms with E-state index in [2.05, 4.69) is 5.32 Å².